The van der Waals surface area contributed by atoms with Crippen LogP contribution >= 0.6 is 0 Å². The van der Waals surface area contributed by atoms with Gasteiger partial charge in [0.1, 0.15) is 0 Å². The number of rotatable bonds is 5. The molecule has 0 aliphatic rings. The zero-order valence-electron chi connectivity index (χ0n) is 7.31. The minimum absolute atomic E-state index is 0.680. The Labute approximate surface area is 64.1 Å². The predicted molar refractivity (Wildman–Crippen MR) is 45.1 cm³/mol. The highest BCUT2D eigenvalue weighted by Gasteiger charge is 1.96. The molecule has 1 unspecified atom stereocenters. The smallest absolute Gasteiger partial charge is 0.0671 e. The molecule has 0 aromatic heterocycles. The fraction of sp³-hybridized carbons (Fsp3) is 0.778. The molecule has 1 atom stereocenters. The van der Waals surface area contributed by atoms with Crippen molar-refractivity contribution in [3.05, 3.63) is 12.2 Å². The first-order valence-electron chi connectivity index (χ1n) is 3.89. The molecule has 0 fully saturated rings. The van der Waals surface area contributed by atoms with Crippen molar-refractivity contribution in [3.8, 4) is 0 Å². The Hall–Kier alpha value is -0.300. The van der Waals surface area contributed by atoms with Crippen molar-refractivity contribution in [2.75, 3.05) is 13.2 Å². The van der Waals surface area contributed by atoms with Crippen LogP contribution in [-0.4, -0.2) is 13.2 Å². The van der Waals surface area contributed by atoms with Crippen molar-refractivity contribution in [1.82, 2.24) is 0 Å². The van der Waals surface area contributed by atoms with E-state index < -0.39 is 0 Å². The summed E-state index contributed by atoms with van der Waals surface area (Å²) in [6.45, 7) is 11.7. The van der Waals surface area contributed by atoms with Crippen LogP contribution in [0.5, 0.6) is 0 Å². The van der Waals surface area contributed by atoms with Gasteiger partial charge in [0, 0.05) is 6.61 Å². The molecule has 0 saturated heterocycles. The van der Waals surface area contributed by atoms with E-state index in [9.17, 15) is 0 Å². The molecular weight excluding hydrogens is 124 g/mol. The Balaban J connectivity index is 3.11. The maximum atomic E-state index is 5.35. The second-order valence-electron chi connectivity index (χ2n) is 2.99. The van der Waals surface area contributed by atoms with Gasteiger partial charge in [-0.25, -0.2) is 0 Å². The van der Waals surface area contributed by atoms with Crippen LogP contribution < -0.4 is 0 Å². The van der Waals surface area contributed by atoms with E-state index in [2.05, 4.69) is 20.4 Å². The molecule has 0 bridgehead atoms. The first-order valence-corrected chi connectivity index (χ1v) is 3.89. The van der Waals surface area contributed by atoms with E-state index in [-0.39, 0.29) is 0 Å². The zero-order chi connectivity index (χ0) is 7.98. The van der Waals surface area contributed by atoms with Crippen molar-refractivity contribution < 1.29 is 4.74 Å². The van der Waals surface area contributed by atoms with Crippen molar-refractivity contribution in [2.24, 2.45) is 5.92 Å². The highest BCUT2D eigenvalue weighted by Crippen LogP contribution is 2.01. The summed E-state index contributed by atoms with van der Waals surface area (Å²) in [5, 5.41) is 0. The van der Waals surface area contributed by atoms with Crippen LogP contribution in [0.3, 0.4) is 0 Å². The molecule has 0 saturated carbocycles. The van der Waals surface area contributed by atoms with Gasteiger partial charge in [0.2, 0.25) is 0 Å². The average Bonchev–Trinajstić information content (AvgIpc) is 1.87. The second kappa shape index (κ2) is 5.48. The van der Waals surface area contributed by atoms with Crippen LogP contribution in [0.25, 0.3) is 0 Å². The summed E-state index contributed by atoms with van der Waals surface area (Å²) in [4.78, 5) is 0. The fourth-order valence-electron chi connectivity index (χ4n) is 0.552. The number of hydrogen-bond acceptors (Lipinski definition) is 1. The standard InChI is InChI=1S/C9H18O/c1-5-9(4)7-10-6-8(2)3/h9H,2,5-7H2,1,3-4H3. The Kier molecular flexibility index (Phi) is 5.32. The number of ether oxygens (including phenoxy) is 1. The minimum Gasteiger partial charge on any atom is -0.377 e. The lowest BCUT2D eigenvalue weighted by molar-refractivity contribution is 0.122. The van der Waals surface area contributed by atoms with Crippen LogP contribution in [0.4, 0.5) is 0 Å². The van der Waals surface area contributed by atoms with E-state index in [1.165, 1.54) is 6.42 Å². The molecule has 0 amide bonds. The lowest BCUT2D eigenvalue weighted by Gasteiger charge is -2.08. The molecule has 0 heterocycles. The van der Waals surface area contributed by atoms with E-state index in [1.54, 1.807) is 0 Å². The summed E-state index contributed by atoms with van der Waals surface area (Å²) >= 11 is 0. The third-order valence-electron chi connectivity index (χ3n) is 1.45. The van der Waals surface area contributed by atoms with Gasteiger partial charge in [0.05, 0.1) is 6.61 Å². The molecule has 0 aromatic carbocycles. The second-order valence-corrected chi connectivity index (χ2v) is 2.99. The van der Waals surface area contributed by atoms with Crippen LogP contribution in [0.1, 0.15) is 27.2 Å². The van der Waals surface area contributed by atoms with Crippen molar-refractivity contribution in [3.63, 3.8) is 0 Å². The molecule has 60 valence electrons. The summed E-state index contributed by atoms with van der Waals surface area (Å²) in [6, 6.07) is 0. The summed E-state index contributed by atoms with van der Waals surface area (Å²) < 4.78 is 5.35. The van der Waals surface area contributed by atoms with E-state index in [4.69, 9.17) is 4.74 Å². The molecular formula is C9H18O. The Morgan fingerprint density at radius 1 is 1.60 bits per heavy atom. The largest absolute Gasteiger partial charge is 0.377 e. The van der Waals surface area contributed by atoms with Gasteiger partial charge in [-0.3, -0.25) is 0 Å². The zero-order valence-corrected chi connectivity index (χ0v) is 7.31. The Morgan fingerprint density at radius 2 is 2.20 bits per heavy atom. The molecule has 10 heavy (non-hydrogen) atoms. The lowest BCUT2D eigenvalue weighted by atomic mass is 10.1. The third kappa shape index (κ3) is 5.83. The topological polar surface area (TPSA) is 9.23 Å². The quantitative estimate of drug-likeness (QED) is 0.536. The SMILES string of the molecule is C=C(C)COCC(C)CC. The molecule has 0 N–H and O–H groups in total. The highest BCUT2D eigenvalue weighted by atomic mass is 16.5. The molecule has 0 spiro atoms. The normalized spacial score (nSPS) is 13.1. The summed E-state index contributed by atoms with van der Waals surface area (Å²) in [6.07, 6.45) is 1.19. The van der Waals surface area contributed by atoms with E-state index in [0.717, 1.165) is 12.2 Å². The van der Waals surface area contributed by atoms with Gasteiger partial charge in [0.25, 0.3) is 0 Å². The van der Waals surface area contributed by atoms with Gasteiger partial charge in [-0.05, 0) is 12.8 Å². The molecule has 0 aromatic rings. The third-order valence-corrected chi connectivity index (χ3v) is 1.45. The Bertz CT molecular complexity index is 96.9. The van der Waals surface area contributed by atoms with Gasteiger partial charge in [-0.1, -0.05) is 32.4 Å². The summed E-state index contributed by atoms with van der Waals surface area (Å²) in [7, 11) is 0. The van der Waals surface area contributed by atoms with Gasteiger partial charge >= 0.3 is 0 Å². The van der Waals surface area contributed by atoms with E-state index >= 15 is 0 Å². The molecule has 0 rings (SSSR count). The predicted octanol–water partition coefficient (Wildman–Crippen LogP) is 2.63. The van der Waals surface area contributed by atoms with E-state index in [1.807, 2.05) is 6.92 Å². The van der Waals surface area contributed by atoms with Crippen LogP contribution in [0.15, 0.2) is 12.2 Å². The summed E-state index contributed by atoms with van der Waals surface area (Å²) in [5.74, 6) is 0.680. The molecule has 1 heteroatoms. The fourth-order valence-corrected chi connectivity index (χ4v) is 0.552. The van der Waals surface area contributed by atoms with Gasteiger partial charge in [0.15, 0.2) is 0 Å². The minimum atomic E-state index is 0.680. The van der Waals surface area contributed by atoms with Gasteiger partial charge < -0.3 is 4.74 Å². The summed E-state index contributed by atoms with van der Waals surface area (Å²) in [5.41, 5.74) is 1.10. The maximum absolute atomic E-state index is 5.35. The van der Waals surface area contributed by atoms with Gasteiger partial charge in [-0.15, -0.1) is 0 Å². The molecule has 0 radical (unpaired) electrons. The molecule has 1 nitrogen and oxygen atoms in total. The van der Waals surface area contributed by atoms with Crippen LogP contribution in [0.2, 0.25) is 0 Å². The highest BCUT2D eigenvalue weighted by molar-refractivity contribution is 4.87. The average molecular weight is 142 g/mol. The van der Waals surface area contributed by atoms with Crippen molar-refractivity contribution in [1.29, 1.82) is 0 Å². The van der Waals surface area contributed by atoms with Crippen molar-refractivity contribution in [2.45, 2.75) is 27.2 Å². The lowest BCUT2D eigenvalue weighted by Crippen LogP contribution is -2.05. The number of hydrogen-bond donors (Lipinski definition) is 0. The Morgan fingerprint density at radius 3 is 2.60 bits per heavy atom. The monoisotopic (exact) mass is 142 g/mol. The first-order chi connectivity index (χ1) is 4.66. The maximum Gasteiger partial charge on any atom is 0.0671 e. The van der Waals surface area contributed by atoms with E-state index in [0.29, 0.717) is 12.5 Å². The van der Waals surface area contributed by atoms with Crippen LogP contribution in [-0.2, 0) is 4.74 Å². The van der Waals surface area contributed by atoms with Crippen molar-refractivity contribution >= 4 is 0 Å². The van der Waals surface area contributed by atoms with Crippen LogP contribution in [0, 0.1) is 5.92 Å². The van der Waals surface area contributed by atoms with Gasteiger partial charge in [-0.2, -0.15) is 0 Å². The first kappa shape index (κ1) is 9.70. The molecule has 0 aliphatic heterocycles. The molecule has 0 aliphatic carbocycles.